The minimum Gasteiger partial charge on any atom is -0.327 e. The van der Waals surface area contributed by atoms with Gasteiger partial charge in [-0.2, -0.15) is 0 Å². The van der Waals surface area contributed by atoms with Crippen molar-refractivity contribution in [3.8, 4) is 0 Å². The molecule has 16 heavy (non-hydrogen) atoms. The fourth-order valence-electron chi connectivity index (χ4n) is 1.41. The molecule has 0 amide bonds. The van der Waals surface area contributed by atoms with Gasteiger partial charge in [0.2, 0.25) is 0 Å². The van der Waals surface area contributed by atoms with Crippen LogP contribution in [0.5, 0.6) is 0 Å². The Bertz CT molecular complexity index is 363. The summed E-state index contributed by atoms with van der Waals surface area (Å²) in [6, 6.07) is 8.11. The quantitative estimate of drug-likeness (QED) is 0.856. The molecule has 90 valence electrons. The third-order valence-corrected chi connectivity index (χ3v) is 4.20. The second kappa shape index (κ2) is 6.16. The van der Waals surface area contributed by atoms with E-state index in [2.05, 4.69) is 26.8 Å². The minimum absolute atomic E-state index is 0.0323. The van der Waals surface area contributed by atoms with Gasteiger partial charge in [-0.3, -0.25) is 4.21 Å². The van der Waals surface area contributed by atoms with Gasteiger partial charge in [0.1, 0.15) is 0 Å². The molecule has 0 heterocycles. The molecular formula is C13H21NOS. The molecule has 3 heteroatoms. The van der Waals surface area contributed by atoms with Crippen molar-refractivity contribution in [3.05, 3.63) is 35.4 Å². The average Bonchev–Trinajstić information content (AvgIpc) is 2.21. The van der Waals surface area contributed by atoms with E-state index in [0.29, 0.717) is 17.4 Å². The minimum atomic E-state index is -0.857. The van der Waals surface area contributed by atoms with Crippen molar-refractivity contribution in [2.24, 2.45) is 11.7 Å². The zero-order valence-corrected chi connectivity index (χ0v) is 11.1. The van der Waals surface area contributed by atoms with Crippen LogP contribution in [0.4, 0.5) is 0 Å². The third-order valence-electron chi connectivity index (χ3n) is 2.81. The Morgan fingerprint density at radius 1 is 1.31 bits per heavy atom. The number of hydrogen-bond acceptors (Lipinski definition) is 2. The van der Waals surface area contributed by atoms with E-state index in [1.54, 1.807) is 0 Å². The van der Waals surface area contributed by atoms with Crippen molar-refractivity contribution in [3.63, 3.8) is 0 Å². The molecule has 0 aliphatic rings. The highest BCUT2D eigenvalue weighted by Crippen LogP contribution is 2.11. The second-order valence-corrected chi connectivity index (χ2v) is 6.09. The summed E-state index contributed by atoms with van der Waals surface area (Å²) < 4.78 is 11.9. The maximum absolute atomic E-state index is 11.9. The molecule has 0 radical (unpaired) electrons. The van der Waals surface area contributed by atoms with Gasteiger partial charge in [-0.05, 0) is 24.0 Å². The van der Waals surface area contributed by atoms with Crippen molar-refractivity contribution in [1.29, 1.82) is 0 Å². The van der Waals surface area contributed by atoms with E-state index in [4.69, 9.17) is 5.73 Å². The number of benzene rings is 1. The van der Waals surface area contributed by atoms with Gasteiger partial charge in [-0.1, -0.05) is 38.1 Å². The first-order valence-electron chi connectivity index (χ1n) is 5.65. The van der Waals surface area contributed by atoms with Gasteiger partial charge in [0.25, 0.3) is 0 Å². The Morgan fingerprint density at radius 2 is 1.94 bits per heavy atom. The molecule has 0 saturated heterocycles. The Hall–Kier alpha value is -0.670. The van der Waals surface area contributed by atoms with Crippen LogP contribution in [-0.4, -0.2) is 16.0 Å². The molecule has 2 unspecified atom stereocenters. The van der Waals surface area contributed by atoms with E-state index in [-0.39, 0.29) is 6.04 Å². The first kappa shape index (κ1) is 13.4. The fourth-order valence-corrected chi connectivity index (χ4v) is 3.01. The Labute approximate surface area is 101 Å². The van der Waals surface area contributed by atoms with Crippen molar-refractivity contribution in [2.75, 3.05) is 5.75 Å². The standard InChI is InChI=1S/C13H21NOS/c1-10(2)13(14)9-16(15)8-12-7-5-4-6-11(12)3/h4-7,10,13H,8-9,14H2,1-3H3. The van der Waals surface area contributed by atoms with Crippen molar-refractivity contribution in [1.82, 2.24) is 0 Å². The Morgan fingerprint density at radius 3 is 2.50 bits per heavy atom. The fraction of sp³-hybridized carbons (Fsp3) is 0.538. The van der Waals surface area contributed by atoms with Crippen LogP contribution in [0.2, 0.25) is 0 Å². The average molecular weight is 239 g/mol. The zero-order valence-electron chi connectivity index (χ0n) is 10.3. The summed E-state index contributed by atoms with van der Waals surface area (Å²) in [5.74, 6) is 1.60. The molecule has 0 aliphatic heterocycles. The van der Waals surface area contributed by atoms with Gasteiger partial charge in [-0.15, -0.1) is 0 Å². The molecule has 0 fully saturated rings. The van der Waals surface area contributed by atoms with E-state index >= 15 is 0 Å². The molecule has 1 aromatic carbocycles. The van der Waals surface area contributed by atoms with Crippen molar-refractivity contribution in [2.45, 2.75) is 32.6 Å². The molecule has 0 aromatic heterocycles. The Kier molecular flexibility index (Phi) is 5.16. The summed E-state index contributed by atoms with van der Waals surface area (Å²) in [5, 5.41) is 0. The maximum atomic E-state index is 11.9. The van der Waals surface area contributed by atoms with Crippen LogP contribution in [0.25, 0.3) is 0 Å². The van der Waals surface area contributed by atoms with Gasteiger partial charge in [-0.25, -0.2) is 0 Å². The summed E-state index contributed by atoms with van der Waals surface area (Å²) in [7, 11) is -0.857. The van der Waals surface area contributed by atoms with Crippen molar-refractivity contribution >= 4 is 10.8 Å². The monoisotopic (exact) mass is 239 g/mol. The number of aryl methyl sites for hydroxylation is 1. The van der Waals surface area contributed by atoms with E-state index in [9.17, 15) is 4.21 Å². The summed E-state index contributed by atoms with van der Waals surface area (Å²) in [5.41, 5.74) is 8.28. The predicted molar refractivity (Wildman–Crippen MR) is 70.7 cm³/mol. The zero-order chi connectivity index (χ0) is 12.1. The molecule has 1 rings (SSSR count). The van der Waals surface area contributed by atoms with Crippen LogP contribution in [0.15, 0.2) is 24.3 Å². The molecule has 0 saturated carbocycles. The number of hydrogen-bond donors (Lipinski definition) is 1. The van der Waals surface area contributed by atoms with Gasteiger partial charge in [0.05, 0.1) is 0 Å². The lowest BCUT2D eigenvalue weighted by molar-refractivity contribution is 0.530. The van der Waals surface area contributed by atoms with E-state index < -0.39 is 10.8 Å². The largest absolute Gasteiger partial charge is 0.327 e. The summed E-state index contributed by atoms with van der Waals surface area (Å²) >= 11 is 0. The number of nitrogens with two attached hydrogens (primary N) is 1. The van der Waals surface area contributed by atoms with Crippen LogP contribution in [0, 0.1) is 12.8 Å². The number of rotatable bonds is 5. The SMILES string of the molecule is Cc1ccccc1CS(=O)CC(N)C(C)C. The maximum Gasteiger partial charge on any atom is 0.0488 e. The summed E-state index contributed by atoms with van der Waals surface area (Å²) in [6.07, 6.45) is 0. The normalized spacial score (nSPS) is 15.1. The van der Waals surface area contributed by atoms with Gasteiger partial charge in [0.15, 0.2) is 0 Å². The molecule has 2 atom stereocenters. The third kappa shape index (κ3) is 4.06. The van der Waals surface area contributed by atoms with Crippen LogP contribution < -0.4 is 5.73 Å². The van der Waals surface area contributed by atoms with Gasteiger partial charge >= 0.3 is 0 Å². The van der Waals surface area contributed by atoms with E-state index in [1.807, 2.05) is 18.2 Å². The highest BCUT2D eigenvalue weighted by Gasteiger charge is 2.12. The van der Waals surface area contributed by atoms with Crippen LogP contribution in [-0.2, 0) is 16.6 Å². The Balaban J connectivity index is 2.55. The molecule has 0 aliphatic carbocycles. The van der Waals surface area contributed by atoms with E-state index in [1.165, 1.54) is 5.56 Å². The lowest BCUT2D eigenvalue weighted by atomic mass is 10.1. The lowest BCUT2D eigenvalue weighted by Crippen LogP contribution is -2.32. The summed E-state index contributed by atoms with van der Waals surface area (Å²) in [6.45, 7) is 6.18. The van der Waals surface area contributed by atoms with Gasteiger partial charge < -0.3 is 5.73 Å². The lowest BCUT2D eigenvalue weighted by Gasteiger charge is -2.15. The van der Waals surface area contributed by atoms with Gasteiger partial charge in [0, 0.05) is 28.3 Å². The molecule has 1 aromatic rings. The first-order valence-corrected chi connectivity index (χ1v) is 7.14. The highest BCUT2D eigenvalue weighted by molar-refractivity contribution is 7.84. The predicted octanol–water partition coefficient (Wildman–Crippen LogP) is 2.23. The van der Waals surface area contributed by atoms with Crippen molar-refractivity contribution < 1.29 is 4.21 Å². The summed E-state index contributed by atoms with van der Waals surface area (Å²) in [4.78, 5) is 0. The molecule has 0 bridgehead atoms. The smallest absolute Gasteiger partial charge is 0.0488 e. The molecule has 0 spiro atoms. The first-order chi connectivity index (χ1) is 7.50. The van der Waals surface area contributed by atoms with Crippen LogP contribution in [0.1, 0.15) is 25.0 Å². The van der Waals surface area contributed by atoms with Crippen LogP contribution in [0.3, 0.4) is 0 Å². The molecule has 2 nitrogen and oxygen atoms in total. The molecular weight excluding hydrogens is 218 g/mol. The van der Waals surface area contributed by atoms with Crippen LogP contribution >= 0.6 is 0 Å². The molecule has 2 N–H and O–H groups in total. The van der Waals surface area contributed by atoms with E-state index in [0.717, 1.165) is 5.56 Å². The highest BCUT2D eigenvalue weighted by atomic mass is 32.2. The topological polar surface area (TPSA) is 43.1 Å². The second-order valence-electron chi connectivity index (χ2n) is 4.59.